The number of hydrogen-bond donors (Lipinski definition) is 0. The fourth-order valence-electron chi connectivity index (χ4n) is 5.10. The average Bonchev–Trinajstić information content (AvgIpc) is 2.92. The van der Waals surface area contributed by atoms with Crippen molar-refractivity contribution in [3.8, 4) is 11.6 Å². The van der Waals surface area contributed by atoms with Crippen molar-refractivity contribution in [3.05, 3.63) is 77.0 Å². The molecule has 0 unspecified atom stereocenters. The molecule has 0 aliphatic carbocycles. The lowest BCUT2D eigenvalue weighted by molar-refractivity contribution is -0.133. The Balaban J connectivity index is 1.47. The predicted octanol–water partition coefficient (Wildman–Crippen LogP) is 5.86. The van der Waals surface area contributed by atoms with Gasteiger partial charge in [0, 0.05) is 32.1 Å². The van der Waals surface area contributed by atoms with E-state index in [9.17, 15) is 13.6 Å². The maximum Gasteiger partial charge on any atom is 0.230 e. The first-order valence-electron chi connectivity index (χ1n) is 13.0. The van der Waals surface area contributed by atoms with Crippen LogP contribution >= 0.6 is 0 Å². The van der Waals surface area contributed by atoms with Crippen molar-refractivity contribution in [1.82, 2.24) is 14.9 Å². The summed E-state index contributed by atoms with van der Waals surface area (Å²) in [5, 5.41) is 0. The van der Waals surface area contributed by atoms with Gasteiger partial charge in [-0.2, -0.15) is 4.98 Å². The molecule has 8 heteroatoms. The summed E-state index contributed by atoms with van der Waals surface area (Å²) in [6, 6.07) is 13.2. The third-order valence-electron chi connectivity index (χ3n) is 7.40. The Labute approximate surface area is 216 Å². The van der Waals surface area contributed by atoms with Gasteiger partial charge >= 0.3 is 0 Å². The van der Waals surface area contributed by atoms with E-state index < -0.39 is 11.6 Å². The Kier molecular flexibility index (Phi) is 7.35. The second-order valence-corrected chi connectivity index (χ2v) is 9.98. The second kappa shape index (κ2) is 10.8. The lowest BCUT2D eigenvalue weighted by Gasteiger charge is -2.34. The highest BCUT2D eigenvalue weighted by molar-refractivity contribution is 5.84. The number of carbonyl (C=O) groups is 1. The smallest absolute Gasteiger partial charge is 0.230 e. The largest absolute Gasteiger partial charge is 0.438 e. The van der Waals surface area contributed by atoms with Crippen LogP contribution in [-0.4, -0.2) is 40.4 Å². The number of fused-ring (bicyclic) bond motifs is 1. The number of ether oxygens (including phenoxy) is 1. The maximum atomic E-state index is 13.9. The molecule has 3 heterocycles. The van der Waals surface area contributed by atoms with E-state index in [2.05, 4.69) is 11.8 Å². The van der Waals surface area contributed by atoms with Gasteiger partial charge in [0.15, 0.2) is 11.6 Å². The molecule has 0 radical (unpaired) electrons. The van der Waals surface area contributed by atoms with Crippen LogP contribution < -0.4 is 9.64 Å². The molecule has 0 saturated carbocycles. The Morgan fingerprint density at radius 1 is 1.05 bits per heavy atom. The number of hydrogen-bond acceptors (Lipinski definition) is 5. The van der Waals surface area contributed by atoms with Crippen molar-refractivity contribution < 1.29 is 18.3 Å². The molecule has 2 aliphatic heterocycles. The first-order valence-corrected chi connectivity index (χ1v) is 13.0. The number of piperidine rings is 1. The van der Waals surface area contributed by atoms with Crippen LogP contribution in [0.15, 0.2) is 48.5 Å². The zero-order valence-corrected chi connectivity index (χ0v) is 21.3. The van der Waals surface area contributed by atoms with Crippen molar-refractivity contribution in [2.45, 2.75) is 52.0 Å². The molecule has 3 aromatic rings. The molecule has 0 N–H and O–H groups in total. The van der Waals surface area contributed by atoms with E-state index in [0.29, 0.717) is 43.4 Å². The number of halogens is 2. The number of anilines is 1. The predicted molar refractivity (Wildman–Crippen MR) is 138 cm³/mol. The van der Waals surface area contributed by atoms with E-state index in [4.69, 9.17) is 14.7 Å². The Hall–Kier alpha value is -3.55. The number of aromatic nitrogens is 2. The highest BCUT2D eigenvalue weighted by Gasteiger charge is 2.31. The van der Waals surface area contributed by atoms with Gasteiger partial charge in [-0.25, -0.2) is 13.8 Å². The maximum absolute atomic E-state index is 13.9. The summed E-state index contributed by atoms with van der Waals surface area (Å²) in [7, 11) is 0. The van der Waals surface area contributed by atoms with E-state index >= 15 is 0 Å². The van der Waals surface area contributed by atoms with Crippen LogP contribution in [-0.2, 0) is 17.8 Å². The first-order chi connectivity index (χ1) is 17.9. The minimum atomic E-state index is -0.990. The summed E-state index contributed by atoms with van der Waals surface area (Å²) in [4.78, 5) is 27.2. The number of carbonyl (C=O) groups excluding carboxylic acids is 1. The van der Waals surface area contributed by atoms with Crippen LogP contribution in [0.2, 0.25) is 0 Å². The van der Waals surface area contributed by atoms with E-state index in [1.165, 1.54) is 6.07 Å². The van der Waals surface area contributed by atoms with Gasteiger partial charge in [-0.3, -0.25) is 4.79 Å². The van der Waals surface area contributed by atoms with Gasteiger partial charge in [-0.1, -0.05) is 44.2 Å². The van der Waals surface area contributed by atoms with Crippen LogP contribution in [0.5, 0.6) is 11.6 Å². The summed E-state index contributed by atoms with van der Waals surface area (Å²) in [6.07, 6.45) is 3.37. The quantitative estimate of drug-likeness (QED) is 0.419. The zero-order valence-electron chi connectivity index (χ0n) is 21.3. The molecule has 2 aliphatic rings. The number of rotatable bonds is 6. The van der Waals surface area contributed by atoms with E-state index in [-0.39, 0.29) is 23.5 Å². The van der Waals surface area contributed by atoms with Gasteiger partial charge in [0.1, 0.15) is 5.75 Å². The van der Waals surface area contributed by atoms with Crippen LogP contribution in [0.4, 0.5) is 14.7 Å². The van der Waals surface area contributed by atoms with Gasteiger partial charge < -0.3 is 14.5 Å². The Morgan fingerprint density at radius 2 is 1.81 bits per heavy atom. The molecular formula is C29H32F2N4O2. The van der Waals surface area contributed by atoms with E-state index in [1.54, 1.807) is 0 Å². The molecule has 1 amide bonds. The monoisotopic (exact) mass is 506 g/mol. The average molecular weight is 507 g/mol. The Morgan fingerprint density at radius 3 is 2.51 bits per heavy atom. The minimum Gasteiger partial charge on any atom is -0.438 e. The van der Waals surface area contributed by atoms with Crippen LogP contribution in [0.1, 0.15) is 55.8 Å². The summed E-state index contributed by atoms with van der Waals surface area (Å²) in [5.41, 5.74) is 2.53. The molecule has 1 atom stereocenters. The van der Waals surface area contributed by atoms with Gasteiger partial charge in [0.2, 0.25) is 17.7 Å². The third kappa shape index (κ3) is 5.43. The highest BCUT2D eigenvalue weighted by atomic mass is 19.2. The van der Waals surface area contributed by atoms with E-state index in [0.717, 1.165) is 49.3 Å². The Bertz CT molecular complexity index is 1260. The van der Waals surface area contributed by atoms with Crippen LogP contribution in [0.3, 0.4) is 0 Å². The molecule has 6 nitrogen and oxygen atoms in total. The van der Waals surface area contributed by atoms with E-state index in [1.807, 2.05) is 42.2 Å². The molecule has 37 heavy (non-hydrogen) atoms. The van der Waals surface area contributed by atoms with Gasteiger partial charge in [0.25, 0.3) is 0 Å². The second-order valence-electron chi connectivity index (χ2n) is 9.98. The standard InChI is InChI=1S/C29H32F2N4O2/c1-3-22(20-7-5-4-6-8-20)28(36)35-16-13-26-23(18-35)27(37-21-9-10-24(30)25(31)17-21)33-29(32-26)34-14-11-19(2)12-15-34/h4-10,17,19,22H,3,11-16,18H2,1-2H3/t22-/m1/s1. The van der Waals surface area contributed by atoms with Crippen molar-refractivity contribution in [1.29, 1.82) is 0 Å². The first kappa shape index (κ1) is 25.1. The summed E-state index contributed by atoms with van der Waals surface area (Å²) < 4.78 is 33.5. The van der Waals surface area contributed by atoms with Crippen LogP contribution in [0.25, 0.3) is 0 Å². The summed E-state index contributed by atoms with van der Waals surface area (Å²) >= 11 is 0. The van der Waals surface area contributed by atoms with Gasteiger partial charge in [0.05, 0.1) is 23.7 Å². The fraction of sp³-hybridized carbons (Fsp3) is 0.414. The van der Waals surface area contributed by atoms with Crippen molar-refractivity contribution in [3.63, 3.8) is 0 Å². The molecule has 1 fully saturated rings. The molecular weight excluding hydrogens is 474 g/mol. The molecule has 194 valence electrons. The third-order valence-corrected chi connectivity index (χ3v) is 7.40. The fourth-order valence-corrected chi connectivity index (χ4v) is 5.10. The lowest BCUT2D eigenvalue weighted by atomic mass is 9.94. The zero-order chi connectivity index (χ0) is 25.9. The number of amides is 1. The lowest BCUT2D eigenvalue weighted by Crippen LogP contribution is -2.40. The molecule has 0 bridgehead atoms. The van der Waals surface area contributed by atoms with Crippen molar-refractivity contribution >= 4 is 11.9 Å². The SMILES string of the molecule is CC[C@@H](C(=O)N1CCc2nc(N3CCC(C)CC3)nc(Oc3ccc(F)c(F)c3)c2C1)c1ccccc1. The van der Waals surface area contributed by atoms with Crippen molar-refractivity contribution in [2.75, 3.05) is 24.5 Å². The number of nitrogens with zero attached hydrogens (tertiary/aromatic N) is 4. The molecule has 1 aromatic heterocycles. The highest BCUT2D eigenvalue weighted by Crippen LogP contribution is 2.34. The van der Waals surface area contributed by atoms with Crippen LogP contribution in [0, 0.1) is 17.6 Å². The summed E-state index contributed by atoms with van der Waals surface area (Å²) in [6.45, 7) is 6.81. The molecule has 1 saturated heterocycles. The minimum absolute atomic E-state index is 0.0484. The summed E-state index contributed by atoms with van der Waals surface area (Å²) in [5.74, 6) is -0.450. The topological polar surface area (TPSA) is 58.6 Å². The number of benzene rings is 2. The van der Waals surface area contributed by atoms with Gasteiger partial charge in [-0.15, -0.1) is 0 Å². The molecule has 2 aromatic carbocycles. The molecule has 5 rings (SSSR count). The van der Waals surface area contributed by atoms with Crippen molar-refractivity contribution in [2.24, 2.45) is 5.92 Å². The molecule has 0 spiro atoms. The normalized spacial score (nSPS) is 16.9. The van der Waals surface area contributed by atoms with Gasteiger partial charge in [-0.05, 0) is 42.9 Å².